The van der Waals surface area contributed by atoms with E-state index in [0.717, 1.165) is 49.3 Å². The summed E-state index contributed by atoms with van der Waals surface area (Å²) in [5, 5.41) is 11.8. The van der Waals surface area contributed by atoms with Gasteiger partial charge in [-0.3, -0.25) is 4.79 Å². The van der Waals surface area contributed by atoms with Gasteiger partial charge in [0.25, 0.3) is 0 Å². The summed E-state index contributed by atoms with van der Waals surface area (Å²) in [4.78, 5) is 15.8. The highest BCUT2D eigenvalue weighted by atomic mass is 32.2. The van der Waals surface area contributed by atoms with Crippen LogP contribution in [0.3, 0.4) is 0 Å². The highest BCUT2D eigenvalue weighted by Crippen LogP contribution is 2.39. The zero-order chi connectivity index (χ0) is 17.2. The van der Waals surface area contributed by atoms with Gasteiger partial charge in [0.2, 0.25) is 5.91 Å². The molecular formula is C18H24N4OS2. The Morgan fingerprint density at radius 2 is 2.08 bits per heavy atom. The van der Waals surface area contributed by atoms with Crippen molar-refractivity contribution in [1.82, 2.24) is 19.7 Å². The highest BCUT2D eigenvalue weighted by molar-refractivity contribution is 7.99. The Morgan fingerprint density at radius 1 is 1.28 bits per heavy atom. The number of carbonyl (C=O) groups excluding carboxylic acids is 1. The molecule has 134 valence electrons. The fourth-order valence-electron chi connectivity index (χ4n) is 3.27. The molecule has 4 rings (SSSR count). The minimum Gasteiger partial charge on any atom is -0.342 e. The first-order chi connectivity index (χ1) is 12.2. The van der Waals surface area contributed by atoms with Gasteiger partial charge in [-0.15, -0.1) is 21.5 Å². The molecule has 2 aliphatic rings. The minimum absolute atomic E-state index is 0.238. The maximum Gasteiger partial charge on any atom is 0.233 e. The molecule has 2 fully saturated rings. The fraction of sp³-hybridized carbons (Fsp3) is 0.611. The lowest BCUT2D eigenvalue weighted by Gasteiger charge is -2.30. The number of likely N-dealkylation sites (tertiary alicyclic amines) is 1. The van der Waals surface area contributed by atoms with Crippen LogP contribution < -0.4 is 0 Å². The normalized spacial score (nSPS) is 18.7. The molecular weight excluding hydrogens is 352 g/mol. The van der Waals surface area contributed by atoms with Gasteiger partial charge in [0.05, 0.1) is 5.75 Å². The van der Waals surface area contributed by atoms with Crippen LogP contribution in [0.1, 0.15) is 49.4 Å². The second kappa shape index (κ2) is 7.50. The van der Waals surface area contributed by atoms with E-state index in [1.54, 1.807) is 23.1 Å². The maximum atomic E-state index is 12.5. The van der Waals surface area contributed by atoms with Crippen LogP contribution in [-0.4, -0.2) is 44.4 Å². The molecule has 0 radical (unpaired) electrons. The highest BCUT2D eigenvalue weighted by Gasteiger charge is 2.30. The molecule has 1 aliphatic carbocycles. The summed E-state index contributed by atoms with van der Waals surface area (Å²) < 4.78 is 2.27. The molecule has 0 unspecified atom stereocenters. The van der Waals surface area contributed by atoms with E-state index in [0.29, 0.717) is 11.8 Å². The molecule has 1 saturated carbocycles. The van der Waals surface area contributed by atoms with Crippen LogP contribution in [-0.2, 0) is 11.2 Å². The van der Waals surface area contributed by atoms with Crippen molar-refractivity contribution in [3.8, 4) is 0 Å². The van der Waals surface area contributed by atoms with Gasteiger partial charge in [0, 0.05) is 30.4 Å². The van der Waals surface area contributed by atoms with Crippen LogP contribution in [0.25, 0.3) is 0 Å². The average molecular weight is 377 g/mol. The zero-order valence-electron chi connectivity index (χ0n) is 14.6. The van der Waals surface area contributed by atoms with Crippen molar-refractivity contribution in [3.63, 3.8) is 0 Å². The van der Waals surface area contributed by atoms with Crippen LogP contribution in [0.4, 0.5) is 0 Å². The molecule has 1 aliphatic heterocycles. The predicted octanol–water partition coefficient (Wildman–Crippen LogP) is 3.62. The number of hydrogen-bond donors (Lipinski definition) is 0. The number of piperidine rings is 1. The van der Waals surface area contributed by atoms with Crippen molar-refractivity contribution in [2.24, 2.45) is 5.92 Å². The Kier molecular flexibility index (Phi) is 5.12. The molecule has 0 N–H and O–H groups in total. The van der Waals surface area contributed by atoms with Gasteiger partial charge >= 0.3 is 0 Å². The van der Waals surface area contributed by atoms with E-state index in [4.69, 9.17) is 0 Å². The van der Waals surface area contributed by atoms with E-state index < -0.39 is 0 Å². The lowest BCUT2D eigenvalue weighted by atomic mass is 9.99. The van der Waals surface area contributed by atoms with Gasteiger partial charge in [-0.25, -0.2) is 0 Å². The monoisotopic (exact) mass is 376 g/mol. The quantitative estimate of drug-likeness (QED) is 0.723. The molecule has 3 heterocycles. The zero-order valence-corrected chi connectivity index (χ0v) is 16.2. The number of carbonyl (C=O) groups is 1. The van der Waals surface area contributed by atoms with Crippen molar-refractivity contribution < 1.29 is 4.79 Å². The Bertz CT molecular complexity index is 716. The Labute approximate surface area is 156 Å². The number of thioether (sulfide) groups is 1. The number of amides is 1. The van der Waals surface area contributed by atoms with Gasteiger partial charge in [0.1, 0.15) is 5.82 Å². The average Bonchev–Trinajstić information content (AvgIpc) is 3.17. The Hall–Kier alpha value is -1.34. The number of thiophene rings is 1. The SMILES string of the molecule is CC1CCN(C(=O)CSc2nnc(Cc3cccs3)n2C2CC2)CC1. The van der Waals surface area contributed by atoms with E-state index in [9.17, 15) is 4.79 Å². The molecule has 0 spiro atoms. The number of nitrogens with zero attached hydrogens (tertiary/aromatic N) is 4. The lowest BCUT2D eigenvalue weighted by Crippen LogP contribution is -2.38. The second-order valence-electron chi connectivity index (χ2n) is 7.11. The number of aromatic nitrogens is 3. The largest absolute Gasteiger partial charge is 0.342 e. The standard InChI is InChI=1S/C18H24N4OS2/c1-13-6-8-21(9-7-13)17(23)12-25-18-20-19-16(22(18)14-4-5-14)11-15-3-2-10-24-15/h2-3,10,13-14H,4-9,11-12H2,1H3. The molecule has 1 amide bonds. The lowest BCUT2D eigenvalue weighted by molar-refractivity contribution is -0.129. The van der Waals surface area contributed by atoms with Gasteiger partial charge < -0.3 is 9.47 Å². The predicted molar refractivity (Wildman–Crippen MR) is 101 cm³/mol. The van der Waals surface area contributed by atoms with Gasteiger partial charge in [0.15, 0.2) is 5.16 Å². The Morgan fingerprint density at radius 3 is 2.76 bits per heavy atom. The number of rotatable bonds is 6. The summed E-state index contributed by atoms with van der Waals surface area (Å²) in [6.07, 6.45) is 5.47. The number of hydrogen-bond acceptors (Lipinski definition) is 5. The molecule has 0 bridgehead atoms. The molecule has 25 heavy (non-hydrogen) atoms. The fourth-order valence-corrected chi connectivity index (χ4v) is 4.90. The van der Waals surface area contributed by atoms with E-state index in [-0.39, 0.29) is 5.91 Å². The van der Waals surface area contributed by atoms with Crippen LogP contribution in [0.2, 0.25) is 0 Å². The summed E-state index contributed by atoms with van der Waals surface area (Å²) in [7, 11) is 0. The molecule has 0 aromatic carbocycles. The van der Waals surface area contributed by atoms with Crippen molar-refractivity contribution in [2.75, 3.05) is 18.8 Å². The minimum atomic E-state index is 0.238. The van der Waals surface area contributed by atoms with Crippen LogP contribution in [0.15, 0.2) is 22.7 Å². The second-order valence-corrected chi connectivity index (χ2v) is 9.08. The van der Waals surface area contributed by atoms with Crippen LogP contribution in [0.5, 0.6) is 0 Å². The summed E-state index contributed by atoms with van der Waals surface area (Å²) in [6, 6.07) is 4.74. The van der Waals surface area contributed by atoms with Crippen molar-refractivity contribution in [1.29, 1.82) is 0 Å². The summed E-state index contributed by atoms with van der Waals surface area (Å²) in [5.74, 6) is 2.49. The molecule has 7 heteroatoms. The summed E-state index contributed by atoms with van der Waals surface area (Å²) in [5.41, 5.74) is 0. The first kappa shape index (κ1) is 17.1. The third-order valence-electron chi connectivity index (χ3n) is 5.02. The van der Waals surface area contributed by atoms with E-state index in [1.807, 2.05) is 4.90 Å². The van der Waals surface area contributed by atoms with Gasteiger partial charge in [-0.1, -0.05) is 24.8 Å². The smallest absolute Gasteiger partial charge is 0.233 e. The third-order valence-corrected chi connectivity index (χ3v) is 6.82. The molecule has 5 nitrogen and oxygen atoms in total. The molecule has 0 atom stereocenters. The Balaban J connectivity index is 1.40. The van der Waals surface area contributed by atoms with E-state index >= 15 is 0 Å². The van der Waals surface area contributed by atoms with Crippen molar-refractivity contribution in [2.45, 2.75) is 50.2 Å². The van der Waals surface area contributed by atoms with E-state index in [1.165, 1.54) is 17.7 Å². The van der Waals surface area contributed by atoms with Crippen LogP contribution in [0, 0.1) is 5.92 Å². The van der Waals surface area contributed by atoms with Gasteiger partial charge in [-0.2, -0.15) is 0 Å². The molecule has 1 saturated heterocycles. The van der Waals surface area contributed by atoms with E-state index in [2.05, 4.69) is 39.2 Å². The molecule has 2 aromatic heterocycles. The van der Waals surface area contributed by atoms with Crippen molar-refractivity contribution in [3.05, 3.63) is 28.2 Å². The first-order valence-electron chi connectivity index (χ1n) is 9.07. The van der Waals surface area contributed by atoms with Gasteiger partial charge in [-0.05, 0) is 43.0 Å². The first-order valence-corrected chi connectivity index (χ1v) is 10.9. The maximum absolute atomic E-state index is 12.5. The summed E-state index contributed by atoms with van der Waals surface area (Å²) >= 11 is 3.31. The topological polar surface area (TPSA) is 51.0 Å². The summed E-state index contributed by atoms with van der Waals surface area (Å²) in [6.45, 7) is 4.07. The van der Waals surface area contributed by atoms with Crippen molar-refractivity contribution >= 4 is 29.0 Å². The molecule has 2 aromatic rings. The third kappa shape index (κ3) is 4.08. The van der Waals surface area contributed by atoms with Crippen LogP contribution >= 0.6 is 23.1 Å².